The summed E-state index contributed by atoms with van der Waals surface area (Å²) >= 11 is 0. The van der Waals surface area contributed by atoms with Crippen molar-refractivity contribution in [1.82, 2.24) is 5.32 Å². The molecule has 4 heteroatoms. The van der Waals surface area contributed by atoms with Crippen molar-refractivity contribution in [2.24, 2.45) is 0 Å². The maximum atomic E-state index is 9.75. The summed E-state index contributed by atoms with van der Waals surface area (Å²) in [6.07, 6.45) is 0. The van der Waals surface area contributed by atoms with Crippen LogP contribution in [0.2, 0.25) is 0 Å². The van der Waals surface area contributed by atoms with Gasteiger partial charge in [-0.05, 0) is 44.0 Å². The number of benzene rings is 2. The van der Waals surface area contributed by atoms with Gasteiger partial charge in [-0.1, -0.05) is 36.4 Å². The minimum atomic E-state index is -0.721. The molecule has 0 aliphatic carbocycles. The van der Waals surface area contributed by atoms with E-state index < -0.39 is 5.60 Å². The first-order valence-electron chi connectivity index (χ1n) is 8.33. The van der Waals surface area contributed by atoms with Crippen LogP contribution in [0.4, 0.5) is 0 Å². The van der Waals surface area contributed by atoms with Gasteiger partial charge in [-0.2, -0.15) is 0 Å². The first kappa shape index (κ1) is 18.3. The normalized spacial score (nSPS) is 11.3. The lowest BCUT2D eigenvalue weighted by Gasteiger charge is -2.18. The molecule has 0 aliphatic rings. The molecule has 0 bridgehead atoms. The van der Waals surface area contributed by atoms with Crippen LogP contribution in [0.15, 0.2) is 48.5 Å². The lowest BCUT2D eigenvalue weighted by molar-refractivity contribution is 0.0795. The highest BCUT2D eigenvalue weighted by Crippen LogP contribution is 2.29. The van der Waals surface area contributed by atoms with Gasteiger partial charge in [-0.25, -0.2) is 0 Å². The quantitative estimate of drug-likeness (QED) is 0.739. The van der Waals surface area contributed by atoms with Gasteiger partial charge >= 0.3 is 0 Å². The van der Waals surface area contributed by atoms with Crippen molar-refractivity contribution in [3.8, 4) is 11.5 Å². The molecular weight excluding hydrogens is 302 g/mol. The number of nitrogens with one attached hydrogen (secondary N) is 1. The fourth-order valence-corrected chi connectivity index (χ4v) is 2.30. The van der Waals surface area contributed by atoms with Crippen LogP contribution >= 0.6 is 0 Å². The molecule has 0 amide bonds. The van der Waals surface area contributed by atoms with Gasteiger partial charge in [-0.3, -0.25) is 0 Å². The Hall–Kier alpha value is -2.04. The third-order valence-electron chi connectivity index (χ3n) is 3.43. The summed E-state index contributed by atoms with van der Waals surface area (Å²) in [5, 5.41) is 13.0. The van der Waals surface area contributed by atoms with Crippen LogP contribution < -0.4 is 14.8 Å². The number of hydrogen-bond acceptors (Lipinski definition) is 4. The van der Waals surface area contributed by atoms with Crippen LogP contribution in [0.5, 0.6) is 11.5 Å². The van der Waals surface area contributed by atoms with Crippen LogP contribution in [-0.2, 0) is 13.2 Å². The summed E-state index contributed by atoms with van der Waals surface area (Å²) in [6.45, 7) is 7.82. The van der Waals surface area contributed by atoms with Crippen molar-refractivity contribution in [1.29, 1.82) is 0 Å². The van der Waals surface area contributed by atoms with E-state index in [4.69, 9.17) is 9.47 Å². The zero-order chi connectivity index (χ0) is 17.4. The summed E-state index contributed by atoms with van der Waals surface area (Å²) < 4.78 is 11.6. The first-order chi connectivity index (χ1) is 11.5. The van der Waals surface area contributed by atoms with Crippen molar-refractivity contribution < 1.29 is 14.6 Å². The van der Waals surface area contributed by atoms with Crippen molar-refractivity contribution in [2.75, 3.05) is 13.2 Å². The molecule has 0 atom stereocenters. The predicted molar refractivity (Wildman–Crippen MR) is 96.4 cm³/mol. The van der Waals surface area contributed by atoms with Crippen LogP contribution in [0.1, 0.15) is 31.9 Å². The lowest BCUT2D eigenvalue weighted by Crippen LogP contribution is -2.34. The van der Waals surface area contributed by atoms with Crippen molar-refractivity contribution in [2.45, 2.75) is 39.5 Å². The smallest absolute Gasteiger partial charge is 0.161 e. The zero-order valence-electron chi connectivity index (χ0n) is 14.7. The second-order valence-electron chi connectivity index (χ2n) is 6.40. The van der Waals surface area contributed by atoms with Gasteiger partial charge in [0, 0.05) is 13.1 Å². The topological polar surface area (TPSA) is 50.7 Å². The highest BCUT2D eigenvalue weighted by atomic mass is 16.5. The Balaban J connectivity index is 2.00. The molecule has 0 radical (unpaired) electrons. The SMILES string of the molecule is CCOc1cc(CNCC(C)(C)O)ccc1OCc1ccccc1. The highest BCUT2D eigenvalue weighted by molar-refractivity contribution is 5.43. The van der Waals surface area contributed by atoms with Gasteiger partial charge in [0.1, 0.15) is 6.61 Å². The van der Waals surface area contributed by atoms with Gasteiger partial charge < -0.3 is 19.9 Å². The third-order valence-corrected chi connectivity index (χ3v) is 3.43. The van der Waals surface area contributed by atoms with E-state index in [0.717, 1.165) is 22.6 Å². The van der Waals surface area contributed by atoms with E-state index in [1.165, 1.54) is 0 Å². The van der Waals surface area contributed by atoms with E-state index >= 15 is 0 Å². The summed E-state index contributed by atoms with van der Waals surface area (Å²) in [6, 6.07) is 16.0. The van der Waals surface area contributed by atoms with Crippen molar-refractivity contribution in [3.05, 3.63) is 59.7 Å². The maximum Gasteiger partial charge on any atom is 0.161 e. The molecular formula is C20H27NO3. The Kier molecular flexibility index (Phi) is 6.64. The van der Waals surface area contributed by atoms with Gasteiger partial charge in [0.2, 0.25) is 0 Å². The minimum absolute atomic E-state index is 0.511. The summed E-state index contributed by atoms with van der Waals surface area (Å²) in [4.78, 5) is 0. The average molecular weight is 329 g/mol. The molecule has 0 spiro atoms. The second kappa shape index (κ2) is 8.71. The maximum absolute atomic E-state index is 9.75. The summed E-state index contributed by atoms with van der Waals surface area (Å²) in [5.74, 6) is 1.49. The van der Waals surface area contributed by atoms with Crippen molar-refractivity contribution >= 4 is 0 Å². The molecule has 0 saturated carbocycles. The largest absolute Gasteiger partial charge is 0.490 e. The van der Waals surface area contributed by atoms with Crippen LogP contribution in [0, 0.1) is 0 Å². The lowest BCUT2D eigenvalue weighted by atomic mass is 10.1. The van der Waals surface area contributed by atoms with Gasteiger partial charge in [0.25, 0.3) is 0 Å². The van der Waals surface area contributed by atoms with E-state index in [0.29, 0.717) is 26.3 Å². The first-order valence-corrected chi connectivity index (χ1v) is 8.33. The molecule has 2 aromatic carbocycles. The van der Waals surface area contributed by atoms with E-state index in [9.17, 15) is 5.11 Å². The molecule has 4 nitrogen and oxygen atoms in total. The zero-order valence-corrected chi connectivity index (χ0v) is 14.7. The molecule has 2 aromatic rings. The molecule has 2 N–H and O–H groups in total. The number of ether oxygens (including phenoxy) is 2. The summed E-state index contributed by atoms with van der Waals surface area (Å²) in [5.41, 5.74) is 1.49. The van der Waals surface area contributed by atoms with Crippen LogP contribution in [0.3, 0.4) is 0 Å². The monoisotopic (exact) mass is 329 g/mol. The van der Waals surface area contributed by atoms with Crippen LogP contribution in [0.25, 0.3) is 0 Å². The highest BCUT2D eigenvalue weighted by Gasteiger charge is 2.12. The van der Waals surface area contributed by atoms with Gasteiger partial charge in [-0.15, -0.1) is 0 Å². The molecule has 0 aliphatic heterocycles. The minimum Gasteiger partial charge on any atom is -0.490 e. The Morgan fingerprint density at radius 3 is 2.38 bits per heavy atom. The summed E-state index contributed by atoms with van der Waals surface area (Å²) in [7, 11) is 0. The average Bonchev–Trinajstić information content (AvgIpc) is 2.54. The third kappa shape index (κ3) is 6.22. The molecule has 0 fully saturated rings. The van der Waals surface area contributed by atoms with Crippen LogP contribution in [-0.4, -0.2) is 23.9 Å². The Morgan fingerprint density at radius 2 is 1.71 bits per heavy atom. The van der Waals surface area contributed by atoms with E-state index in [1.807, 2.05) is 55.5 Å². The molecule has 0 unspecified atom stereocenters. The van der Waals surface area contributed by atoms with Gasteiger partial charge in [0.05, 0.1) is 12.2 Å². The molecule has 0 heterocycles. The van der Waals surface area contributed by atoms with E-state index in [2.05, 4.69) is 5.32 Å². The molecule has 2 rings (SSSR count). The molecule has 130 valence electrons. The van der Waals surface area contributed by atoms with Crippen molar-refractivity contribution in [3.63, 3.8) is 0 Å². The Morgan fingerprint density at radius 1 is 0.958 bits per heavy atom. The number of hydrogen-bond donors (Lipinski definition) is 2. The Labute approximate surface area is 144 Å². The Bertz CT molecular complexity index is 621. The fraction of sp³-hybridized carbons (Fsp3) is 0.400. The second-order valence-corrected chi connectivity index (χ2v) is 6.40. The van der Waals surface area contributed by atoms with E-state index in [1.54, 1.807) is 13.8 Å². The van der Waals surface area contributed by atoms with Gasteiger partial charge in [0.15, 0.2) is 11.5 Å². The molecule has 24 heavy (non-hydrogen) atoms. The molecule has 0 aromatic heterocycles. The standard InChI is InChI=1S/C20H27NO3/c1-4-23-19-12-17(13-21-15-20(2,3)22)10-11-18(19)24-14-16-8-6-5-7-9-16/h5-12,21-22H,4,13-15H2,1-3H3. The molecule has 0 saturated heterocycles. The number of rotatable bonds is 9. The fourth-order valence-electron chi connectivity index (χ4n) is 2.30. The van der Waals surface area contributed by atoms with E-state index in [-0.39, 0.29) is 0 Å². The predicted octanol–water partition coefficient (Wildman–Crippen LogP) is 3.52. The number of aliphatic hydroxyl groups is 1.